The number of hydrogen-bond acceptors (Lipinski definition) is 6. The third-order valence-corrected chi connectivity index (χ3v) is 4.28. The predicted molar refractivity (Wildman–Crippen MR) is 91.5 cm³/mol. The van der Waals surface area contributed by atoms with Gasteiger partial charge in [-0.3, -0.25) is 4.79 Å². The molecule has 26 heavy (non-hydrogen) atoms. The van der Waals surface area contributed by atoms with Crippen LogP contribution in [-0.2, 0) is 4.79 Å². The molecule has 9 heteroatoms. The summed E-state index contributed by atoms with van der Waals surface area (Å²) >= 11 is 0. The molecule has 1 aromatic carbocycles. The van der Waals surface area contributed by atoms with E-state index in [9.17, 15) is 9.18 Å². The summed E-state index contributed by atoms with van der Waals surface area (Å²) in [5, 5.41) is 12.2. The quantitative estimate of drug-likeness (QED) is 0.694. The van der Waals surface area contributed by atoms with Crippen molar-refractivity contribution >= 4 is 17.4 Å². The summed E-state index contributed by atoms with van der Waals surface area (Å²) in [5.41, 5.74) is 0.695. The van der Waals surface area contributed by atoms with Gasteiger partial charge in [0.15, 0.2) is 12.3 Å². The van der Waals surface area contributed by atoms with Crippen molar-refractivity contribution in [2.24, 2.45) is 0 Å². The minimum absolute atomic E-state index is 0.0590. The molecule has 0 atom stereocenters. The molecule has 1 saturated heterocycles. The molecule has 1 amide bonds. The van der Waals surface area contributed by atoms with Crippen LogP contribution in [0.15, 0.2) is 42.7 Å². The maximum Gasteiger partial charge on any atom is 0.260 e. The summed E-state index contributed by atoms with van der Waals surface area (Å²) in [7, 11) is 0. The molecule has 0 radical (unpaired) electrons. The van der Waals surface area contributed by atoms with Crippen LogP contribution < -0.4 is 9.64 Å². The monoisotopic (exact) mass is 356 g/mol. The van der Waals surface area contributed by atoms with Crippen molar-refractivity contribution in [1.82, 2.24) is 24.7 Å². The molecule has 3 heterocycles. The highest BCUT2D eigenvalue weighted by Crippen LogP contribution is 2.15. The highest BCUT2D eigenvalue weighted by molar-refractivity contribution is 5.78. The summed E-state index contributed by atoms with van der Waals surface area (Å²) in [6, 6.07) is 9.39. The topological polar surface area (TPSA) is 75.9 Å². The zero-order valence-electron chi connectivity index (χ0n) is 14.0. The number of ether oxygens (including phenoxy) is 1. The minimum atomic E-state index is -0.335. The van der Waals surface area contributed by atoms with Crippen molar-refractivity contribution in [2.45, 2.75) is 0 Å². The van der Waals surface area contributed by atoms with Gasteiger partial charge in [0.2, 0.25) is 0 Å². The van der Waals surface area contributed by atoms with Crippen LogP contribution in [0.25, 0.3) is 5.65 Å². The average Bonchev–Trinajstić information content (AvgIpc) is 3.15. The number of piperazine rings is 1. The lowest BCUT2D eigenvalue weighted by Gasteiger charge is -2.35. The van der Waals surface area contributed by atoms with E-state index in [1.165, 1.54) is 24.3 Å². The van der Waals surface area contributed by atoms with Crippen LogP contribution in [0, 0.1) is 5.82 Å². The zero-order chi connectivity index (χ0) is 17.9. The molecule has 0 aliphatic carbocycles. The van der Waals surface area contributed by atoms with Crippen LogP contribution in [-0.4, -0.2) is 63.4 Å². The van der Waals surface area contributed by atoms with Crippen LogP contribution >= 0.6 is 0 Å². The molecule has 3 aromatic rings. The van der Waals surface area contributed by atoms with Crippen molar-refractivity contribution in [3.63, 3.8) is 0 Å². The van der Waals surface area contributed by atoms with E-state index in [4.69, 9.17) is 4.74 Å². The second-order valence-corrected chi connectivity index (χ2v) is 5.94. The third kappa shape index (κ3) is 3.41. The van der Waals surface area contributed by atoms with Gasteiger partial charge in [0.05, 0.1) is 0 Å². The predicted octanol–water partition coefficient (Wildman–Crippen LogP) is 0.991. The number of nitrogens with zero attached hydrogens (tertiary/aromatic N) is 6. The molecule has 0 bridgehead atoms. The minimum Gasteiger partial charge on any atom is -0.484 e. The summed E-state index contributed by atoms with van der Waals surface area (Å²) in [6.07, 6.45) is 1.56. The lowest BCUT2D eigenvalue weighted by molar-refractivity contribution is -0.133. The Kier molecular flexibility index (Phi) is 4.34. The van der Waals surface area contributed by atoms with Gasteiger partial charge in [-0.25, -0.2) is 4.39 Å². The van der Waals surface area contributed by atoms with Crippen LogP contribution in [0.1, 0.15) is 0 Å². The smallest absolute Gasteiger partial charge is 0.260 e. The van der Waals surface area contributed by atoms with Gasteiger partial charge in [0.25, 0.3) is 5.91 Å². The van der Waals surface area contributed by atoms with Crippen LogP contribution in [0.4, 0.5) is 10.2 Å². The number of amides is 1. The van der Waals surface area contributed by atoms with Gasteiger partial charge in [0.1, 0.15) is 23.7 Å². The Balaban J connectivity index is 1.31. The number of rotatable bonds is 4. The molecule has 1 aliphatic rings. The molecule has 0 spiro atoms. The number of anilines is 1. The first-order chi connectivity index (χ1) is 12.7. The van der Waals surface area contributed by atoms with Gasteiger partial charge < -0.3 is 14.5 Å². The van der Waals surface area contributed by atoms with E-state index in [1.807, 2.05) is 12.1 Å². The van der Waals surface area contributed by atoms with Crippen molar-refractivity contribution in [3.8, 4) is 5.75 Å². The highest BCUT2D eigenvalue weighted by atomic mass is 19.1. The van der Waals surface area contributed by atoms with Gasteiger partial charge in [-0.1, -0.05) is 0 Å². The molecule has 4 rings (SSSR count). The number of aromatic nitrogens is 4. The Hall–Kier alpha value is -3.23. The molecule has 0 saturated carbocycles. The molecule has 1 aliphatic heterocycles. The molecule has 8 nitrogen and oxygen atoms in total. The average molecular weight is 356 g/mol. The molecular weight excluding hydrogens is 339 g/mol. The second kappa shape index (κ2) is 6.95. The number of halogens is 1. The standard InChI is InChI=1S/C17H17FN6O2/c18-13-1-3-14(4-2-13)26-11-17(25)23-9-7-22(8-10-23)16-6-5-15-20-19-12-24(15)21-16/h1-6,12H,7-11H2. The Bertz CT molecular complexity index is 905. The number of hydrogen-bond donors (Lipinski definition) is 0. The maximum absolute atomic E-state index is 12.9. The maximum atomic E-state index is 12.9. The van der Waals surface area contributed by atoms with Crippen LogP contribution in [0.3, 0.4) is 0 Å². The second-order valence-electron chi connectivity index (χ2n) is 5.94. The van der Waals surface area contributed by atoms with E-state index < -0.39 is 0 Å². The van der Waals surface area contributed by atoms with Gasteiger partial charge in [0, 0.05) is 26.2 Å². The van der Waals surface area contributed by atoms with Crippen molar-refractivity contribution in [1.29, 1.82) is 0 Å². The van der Waals surface area contributed by atoms with Gasteiger partial charge in [-0.2, -0.15) is 4.52 Å². The zero-order valence-corrected chi connectivity index (χ0v) is 14.0. The van der Waals surface area contributed by atoms with Crippen molar-refractivity contribution in [3.05, 3.63) is 48.5 Å². The summed E-state index contributed by atoms with van der Waals surface area (Å²) in [6.45, 7) is 2.49. The van der Waals surface area contributed by atoms with E-state index in [0.717, 1.165) is 5.82 Å². The number of fused-ring (bicyclic) bond motifs is 1. The first-order valence-electron chi connectivity index (χ1n) is 8.27. The lowest BCUT2D eigenvalue weighted by Crippen LogP contribution is -2.50. The Morgan fingerprint density at radius 2 is 1.85 bits per heavy atom. The highest BCUT2D eigenvalue weighted by Gasteiger charge is 2.22. The third-order valence-electron chi connectivity index (χ3n) is 4.28. The van der Waals surface area contributed by atoms with E-state index in [2.05, 4.69) is 20.2 Å². The van der Waals surface area contributed by atoms with Gasteiger partial charge >= 0.3 is 0 Å². The SMILES string of the molecule is O=C(COc1ccc(F)cc1)N1CCN(c2ccc3nncn3n2)CC1. The molecule has 0 unspecified atom stereocenters. The summed E-state index contributed by atoms with van der Waals surface area (Å²) in [5.74, 6) is 0.881. The molecule has 134 valence electrons. The Morgan fingerprint density at radius 3 is 2.62 bits per heavy atom. The fourth-order valence-electron chi connectivity index (χ4n) is 2.84. The van der Waals surface area contributed by atoms with E-state index >= 15 is 0 Å². The van der Waals surface area contributed by atoms with E-state index in [0.29, 0.717) is 37.6 Å². The number of carbonyl (C=O) groups is 1. The Morgan fingerprint density at radius 1 is 1.08 bits per heavy atom. The lowest BCUT2D eigenvalue weighted by atomic mass is 10.3. The van der Waals surface area contributed by atoms with E-state index in [-0.39, 0.29) is 18.3 Å². The molecule has 0 N–H and O–H groups in total. The van der Waals surface area contributed by atoms with Gasteiger partial charge in [-0.05, 0) is 36.4 Å². The summed E-state index contributed by atoms with van der Waals surface area (Å²) < 4.78 is 19.9. The largest absolute Gasteiger partial charge is 0.484 e. The number of benzene rings is 1. The number of carbonyl (C=O) groups excluding carboxylic acids is 1. The summed E-state index contributed by atoms with van der Waals surface area (Å²) in [4.78, 5) is 16.2. The first-order valence-corrected chi connectivity index (χ1v) is 8.27. The Labute approximate surface area is 148 Å². The molecular formula is C17H17FN6O2. The van der Waals surface area contributed by atoms with Crippen LogP contribution in [0.5, 0.6) is 5.75 Å². The van der Waals surface area contributed by atoms with E-state index in [1.54, 1.807) is 15.7 Å². The molecule has 1 fully saturated rings. The van der Waals surface area contributed by atoms with Gasteiger partial charge in [-0.15, -0.1) is 15.3 Å². The van der Waals surface area contributed by atoms with Crippen molar-refractivity contribution in [2.75, 3.05) is 37.7 Å². The van der Waals surface area contributed by atoms with Crippen LogP contribution in [0.2, 0.25) is 0 Å². The fraction of sp³-hybridized carbons (Fsp3) is 0.294. The molecule has 2 aromatic heterocycles. The normalized spacial score (nSPS) is 14.7. The fourth-order valence-corrected chi connectivity index (χ4v) is 2.84. The first kappa shape index (κ1) is 16.2. The van der Waals surface area contributed by atoms with Crippen molar-refractivity contribution < 1.29 is 13.9 Å².